The van der Waals surface area contributed by atoms with E-state index >= 15 is 0 Å². The minimum absolute atomic E-state index is 0.363. The normalized spacial score (nSPS) is 25.0. The van der Waals surface area contributed by atoms with Crippen molar-refractivity contribution >= 4 is 23.0 Å². The molecule has 0 aliphatic carbocycles. The summed E-state index contributed by atoms with van der Waals surface area (Å²) in [6.07, 6.45) is 2.43. The Morgan fingerprint density at radius 3 is 2.88 bits per heavy atom. The first kappa shape index (κ1) is 12.5. The third kappa shape index (κ3) is 2.67. The Morgan fingerprint density at radius 1 is 1.47 bits per heavy atom. The summed E-state index contributed by atoms with van der Waals surface area (Å²) in [5.74, 6) is 0. The summed E-state index contributed by atoms with van der Waals surface area (Å²) in [7, 11) is 1.78. The lowest BCUT2D eigenvalue weighted by Crippen LogP contribution is -2.43. The van der Waals surface area contributed by atoms with Crippen molar-refractivity contribution in [2.24, 2.45) is 0 Å². The van der Waals surface area contributed by atoms with E-state index in [9.17, 15) is 0 Å². The maximum absolute atomic E-state index is 6.03. The van der Waals surface area contributed by atoms with Gasteiger partial charge in [-0.2, -0.15) is 0 Å². The number of nitrogen functional groups attached to an aromatic ring is 1. The first-order valence-electron chi connectivity index (χ1n) is 5.96. The van der Waals surface area contributed by atoms with Gasteiger partial charge < -0.3 is 15.4 Å². The van der Waals surface area contributed by atoms with Gasteiger partial charge in [0.15, 0.2) is 0 Å². The maximum Gasteiger partial charge on any atom is 0.0617 e. The highest BCUT2D eigenvalue weighted by atomic mass is 35.5. The third-order valence-corrected chi connectivity index (χ3v) is 3.70. The molecule has 2 N–H and O–H groups in total. The van der Waals surface area contributed by atoms with Crippen molar-refractivity contribution in [3.8, 4) is 0 Å². The summed E-state index contributed by atoms with van der Waals surface area (Å²) >= 11 is 6.03. The number of nitrogens with two attached hydrogens (primary N) is 1. The SMILES string of the molecule is COC1CCN(c2cc(Cl)ccc2N)C(C)C1. The van der Waals surface area contributed by atoms with Crippen LogP contribution in [0.25, 0.3) is 0 Å². The van der Waals surface area contributed by atoms with E-state index in [0.29, 0.717) is 12.1 Å². The van der Waals surface area contributed by atoms with E-state index in [1.807, 2.05) is 18.2 Å². The summed E-state index contributed by atoms with van der Waals surface area (Å²) in [5, 5.41) is 0.732. The molecule has 17 heavy (non-hydrogen) atoms. The molecule has 2 unspecified atom stereocenters. The van der Waals surface area contributed by atoms with Gasteiger partial charge in [-0.3, -0.25) is 0 Å². The van der Waals surface area contributed by atoms with Crippen LogP contribution in [0, 0.1) is 0 Å². The van der Waals surface area contributed by atoms with E-state index < -0.39 is 0 Å². The molecule has 1 aliphatic rings. The van der Waals surface area contributed by atoms with Gasteiger partial charge >= 0.3 is 0 Å². The van der Waals surface area contributed by atoms with Crippen LogP contribution in [0.5, 0.6) is 0 Å². The van der Waals surface area contributed by atoms with Crippen molar-refractivity contribution in [1.82, 2.24) is 0 Å². The third-order valence-electron chi connectivity index (χ3n) is 3.46. The maximum atomic E-state index is 6.03. The Kier molecular flexibility index (Phi) is 3.79. The number of benzene rings is 1. The second-order valence-electron chi connectivity index (χ2n) is 4.63. The molecule has 0 radical (unpaired) electrons. The molecule has 2 atom stereocenters. The zero-order valence-corrected chi connectivity index (χ0v) is 11.1. The summed E-state index contributed by atoms with van der Waals surface area (Å²) < 4.78 is 5.42. The molecule has 1 saturated heterocycles. The fourth-order valence-corrected chi connectivity index (χ4v) is 2.63. The highest BCUT2D eigenvalue weighted by Crippen LogP contribution is 2.32. The molecule has 4 heteroatoms. The fraction of sp³-hybridized carbons (Fsp3) is 0.538. The first-order valence-corrected chi connectivity index (χ1v) is 6.34. The lowest BCUT2D eigenvalue weighted by molar-refractivity contribution is 0.0721. The van der Waals surface area contributed by atoms with E-state index in [1.165, 1.54) is 0 Å². The van der Waals surface area contributed by atoms with Crippen LogP contribution in [0.3, 0.4) is 0 Å². The fourth-order valence-electron chi connectivity index (χ4n) is 2.47. The number of rotatable bonds is 2. The van der Waals surface area contributed by atoms with Gasteiger partial charge in [0.1, 0.15) is 0 Å². The number of nitrogens with zero attached hydrogens (tertiary/aromatic N) is 1. The quantitative estimate of drug-likeness (QED) is 0.825. The van der Waals surface area contributed by atoms with Gasteiger partial charge in [0.2, 0.25) is 0 Å². The van der Waals surface area contributed by atoms with Gasteiger partial charge in [-0.15, -0.1) is 0 Å². The van der Waals surface area contributed by atoms with Crippen LogP contribution in [0.15, 0.2) is 18.2 Å². The highest BCUT2D eigenvalue weighted by molar-refractivity contribution is 6.31. The van der Waals surface area contributed by atoms with Crippen LogP contribution in [0.2, 0.25) is 5.02 Å². The minimum Gasteiger partial charge on any atom is -0.397 e. The minimum atomic E-state index is 0.363. The van der Waals surface area contributed by atoms with Gasteiger partial charge in [-0.05, 0) is 38.0 Å². The van der Waals surface area contributed by atoms with Gasteiger partial charge in [-0.25, -0.2) is 0 Å². The lowest BCUT2D eigenvalue weighted by atomic mass is 9.99. The largest absolute Gasteiger partial charge is 0.397 e. The van der Waals surface area contributed by atoms with Crippen LogP contribution < -0.4 is 10.6 Å². The Bertz CT molecular complexity index is 397. The number of halogens is 1. The van der Waals surface area contributed by atoms with Gasteiger partial charge in [0.25, 0.3) is 0 Å². The smallest absolute Gasteiger partial charge is 0.0617 e. The molecule has 3 nitrogen and oxygen atoms in total. The van der Waals surface area contributed by atoms with Crippen molar-refractivity contribution in [3.63, 3.8) is 0 Å². The van der Waals surface area contributed by atoms with E-state index in [0.717, 1.165) is 35.8 Å². The van der Waals surface area contributed by atoms with E-state index in [4.69, 9.17) is 22.1 Å². The molecule has 0 saturated carbocycles. The van der Waals surface area contributed by atoms with Crippen LogP contribution in [0.4, 0.5) is 11.4 Å². The topological polar surface area (TPSA) is 38.5 Å². The van der Waals surface area contributed by atoms with E-state index in [1.54, 1.807) is 7.11 Å². The van der Waals surface area contributed by atoms with Crippen LogP contribution in [-0.2, 0) is 4.74 Å². The number of ether oxygens (including phenoxy) is 1. The first-order chi connectivity index (χ1) is 8.11. The number of hydrogen-bond acceptors (Lipinski definition) is 3. The molecule has 1 aromatic rings. The molecule has 0 spiro atoms. The predicted molar refractivity (Wildman–Crippen MR) is 72.7 cm³/mol. The Balaban J connectivity index is 2.20. The highest BCUT2D eigenvalue weighted by Gasteiger charge is 2.26. The average molecular weight is 255 g/mol. The molecule has 1 aromatic carbocycles. The predicted octanol–water partition coefficient (Wildman–Crippen LogP) is 2.93. The molecule has 2 rings (SSSR count). The van der Waals surface area contributed by atoms with E-state index in [2.05, 4.69) is 11.8 Å². The van der Waals surface area contributed by atoms with Gasteiger partial charge in [0.05, 0.1) is 17.5 Å². The average Bonchev–Trinajstić information content (AvgIpc) is 2.32. The second kappa shape index (κ2) is 5.15. The van der Waals surface area contributed by atoms with Crippen molar-refractivity contribution in [2.45, 2.75) is 31.9 Å². The monoisotopic (exact) mass is 254 g/mol. The Morgan fingerprint density at radius 2 is 2.24 bits per heavy atom. The van der Waals surface area contributed by atoms with Crippen LogP contribution in [0.1, 0.15) is 19.8 Å². The van der Waals surface area contributed by atoms with Crippen molar-refractivity contribution in [2.75, 3.05) is 24.3 Å². The van der Waals surface area contributed by atoms with Crippen molar-refractivity contribution < 1.29 is 4.74 Å². The molecule has 1 fully saturated rings. The molecular formula is C13H19ClN2O. The number of anilines is 2. The molecule has 0 amide bonds. The number of hydrogen-bond donors (Lipinski definition) is 1. The molecule has 94 valence electrons. The van der Waals surface area contributed by atoms with Crippen molar-refractivity contribution in [3.05, 3.63) is 23.2 Å². The molecule has 0 bridgehead atoms. The summed E-state index contributed by atoms with van der Waals surface area (Å²) in [6, 6.07) is 6.06. The zero-order valence-electron chi connectivity index (χ0n) is 10.3. The van der Waals surface area contributed by atoms with Crippen molar-refractivity contribution in [1.29, 1.82) is 0 Å². The number of methoxy groups -OCH3 is 1. The molecule has 1 aliphatic heterocycles. The van der Waals surface area contributed by atoms with E-state index in [-0.39, 0.29) is 0 Å². The summed E-state index contributed by atoms with van der Waals surface area (Å²) in [6.45, 7) is 3.16. The van der Waals surface area contributed by atoms with Gasteiger partial charge in [0, 0.05) is 24.7 Å². The second-order valence-corrected chi connectivity index (χ2v) is 5.06. The lowest BCUT2D eigenvalue weighted by Gasteiger charge is -2.39. The number of piperidine rings is 1. The zero-order chi connectivity index (χ0) is 12.4. The standard InChI is InChI=1S/C13H19ClN2O/c1-9-7-11(17-2)5-6-16(9)13-8-10(14)3-4-12(13)15/h3-4,8-9,11H,5-7,15H2,1-2H3. The molecule has 0 aromatic heterocycles. The molecule has 1 heterocycles. The summed E-state index contributed by atoms with van der Waals surface area (Å²) in [4.78, 5) is 2.32. The Labute approximate surface area is 107 Å². The van der Waals surface area contributed by atoms with Crippen LogP contribution >= 0.6 is 11.6 Å². The molecular weight excluding hydrogens is 236 g/mol. The Hall–Kier alpha value is -0.930. The van der Waals surface area contributed by atoms with Gasteiger partial charge in [-0.1, -0.05) is 11.6 Å². The summed E-state index contributed by atoms with van der Waals surface area (Å²) in [5.41, 5.74) is 7.85. The van der Waals surface area contributed by atoms with Crippen LogP contribution in [-0.4, -0.2) is 25.8 Å².